The van der Waals surface area contributed by atoms with Crippen LogP contribution < -0.4 is 16.4 Å². The summed E-state index contributed by atoms with van der Waals surface area (Å²) in [6.07, 6.45) is 1.18. The Labute approximate surface area is 195 Å². The molecule has 1 aliphatic heterocycles. The van der Waals surface area contributed by atoms with Crippen LogP contribution in [0.25, 0.3) is 0 Å². The minimum Gasteiger partial charge on any atom is -0.480 e. The predicted octanol–water partition coefficient (Wildman–Crippen LogP) is 0.914. The first kappa shape index (κ1) is 26.3. The molecule has 182 valence electrons. The molecule has 0 aliphatic carbocycles. The van der Waals surface area contributed by atoms with Crippen LogP contribution in [-0.2, 0) is 25.6 Å². The van der Waals surface area contributed by atoms with Crippen molar-refractivity contribution >= 4 is 23.7 Å². The van der Waals surface area contributed by atoms with Gasteiger partial charge in [-0.15, -0.1) is 0 Å². The average molecular weight is 461 g/mol. The molecule has 0 saturated carbocycles. The van der Waals surface area contributed by atoms with Crippen LogP contribution in [-0.4, -0.2) is 64.4 Å². The Kier molecular flexibility index (Phi) is 9.40. The zero-order valence-corrected chi connectivity index (χ0v) is 19.8. The van der Waals surface area contributed by atoms with E-state index in [1.54, 1.807) is 13.8 Å². The highest BCUT2D eigenvalue weighted by Crippen LogP contribution is 2.20. The molecule has 0 radical (unpaired) electrons. The van der Waals surface area contributed by atoms with E-state index >= 15 is 0 Å². The predicted molar refractivity (Wildman–Crippen MR) is 124 cm³/mol. The van der Waals surface area contributed by atoms with Crippen LogP contribution in [0, 0.1) is 11.8 Å². The molecule has 1 fully saturated rings. The maximum absolute atomic E-state index is 13.4. The van der Waals surface area contributed by atoms with Crippen molar-refractivity contribution in [3.63, 3.8) is 0 Å². The molecule has 0 spiro atoms. The van der Waals surface area contributed by atoms with Crippen molar-refractivity contribution in [2.24, 2.45) is 17.6 Å². The maximum Gasteiger partial charge on any atom is 0.326 e. The Morgan fingerprint density at radius 3 is 2.21 bits per heavy atom. The molecule has 9 heteroatoms. The van der Waals surface area contributed by atoms with Crippen molar-refractivity contribution in [2.45, 2.75) is 71.1 Å². The zero-order valence-electron chi connectivity index (χ0n) is 19.8. The van der Waals surface area contributed by atoms with Crippen molar-refractivity contribution < 1.29 is 24.3 Å². The lowest BCUT2D eigenvalue weighted by Gasteiger charge is -2.30. The fourth-order valence-corrected chi connectivity index (χ4v) is 3.89. The third-order valence-electron chi connectivity index (χ3n) is 5.99. The van der Waals surface area contributed by atoms with E-state index in [0.29, 0.717) is 19.4 Å². The summed E-state index contributed by atoms with van der Waals surface area (Å²) in [6, 6.07) is 5.68. The van der Waals surface area contributed by atoms with Crippen molar-refractivity contribution in [3.8, 4) is 0 Å². The van der Waals surface area contributed by atoms with E-state index < -0.39 is 47.9 Å². The molecule has 4 atom stereocenters. The molecular formula is C24H36N4O5. The quantitative estimate of drug-likeness (QED) is 0.409. The molecule has 1 heterocycles. The number of hydrogen-bond donors (Lipinski definition) is 4. The molecule has 0 bridgehead atoms. The van der Waals surface area contributed by atoms with Gasteiger partial charge >= 0.3 is 5.97 Å². The number of amides is 3. The van der Waals surface area contributed by atoms with Gasteiger partial charge in [-0.2, -0.15) is 0 Å². The summed E-state index contributed by atoms with van der Waals surface area (Å²) in [4.78, 5) is 52.0. The Morgan fingerprint density at radius 2 is 1.67 bits per heavy atom. The zero-order chi connectivity index (χ0) is 24.7. The highest BCUT2D eigenvalue weighted by Gasteiger charge is 2.38. The van der Waals surface area contributed by atoms with Gasteiger partial charge in [0.15, 0.2) is 0 Å². The second kappa shape index (κ2) is 11.8. The minimum atomic E-state index is -1.05. The van der Waals surface area contributed by atoms with Gasteiger partial charge in [0.1, 0.15) is 18.1 Å². The summed E-state index contributed by atoms with van der Waals surface area (Å²) >= 11 is 0. The maximum atomic E-state index is 13.4. The van der Waals surface area contributed by atoms with E-state index in [0.717, 1.165) is 5.56 Å². The normalized spacial score (nSPS) is 18.6. The monoisotopic (exact) mass is 460 g/mol. The standard InChI is InChI=1S/C24H36N4O5/c1-14(2)19(25)21(29)27-20(15(3)4)22(30)26-17(13-16-9-6-5-7-10-16)23(31)28-12-8-11-18(28)24(32)33/h5-7,9-10,14-15,17-20H,8,11-13,25H2,1-4H3,(H,26,30)(H,27,29)(H,32,33). The first-order valence-electron chi connectivity index (χ1n) is 11.5. The van der Waals surface area contributed by atoms with E-state index in [2.05, 4.69) is 10.6 Å². The van der Waals surface area contributed by atoms with Gasteiger partial charge in [0.05, 0.1) is 6.04 Å². The Hall–Kier alpha value is -2.94. The fraction of sp³-hybridized carbons (Fsp3) is 0.583. The number of carbonyl (C=O) groups is 4. The van der Waals surface area contributed by atoms with Crippen LogP contribution in [0.3, 0.4) is 0 Å². The molecule has 9 nitrogen and oxygen atoms in total. The molecular weight excluding hydrogens is 424 g/mol. The molecule has 2 rings (SSSR count). The number of nitrogens with two attached hydrogens (primary N) is 1. The number of carbonyl (C=O) groups excluding carboxylic acids is 3. The average Bonchev–Trinajstić information content (AvgIpc) is 3.26. The molecule has 5 N–H and O–H groups in total. The summed E-state index contributed by atoms with van der Waals surface area (Å²) in [6.45, 7) is 7.54. The summed E-state index contributed by atoms with van der Waals surface area (Å²) in [5.74, 6) is -2.79. The molecule has 1 aliphatic rings. The lowest BCUT2D eigenvalue weighted by atomic mass is 9.99. The largest absolute Gasteiger partial charge is 0.480 e. The van der Waals surface area contributed by atoms with E-state index in [9.17, 15) is 24.3 Å². The van der Waals surface area contributed by atoms with Gasteiger partial charge in [0.2, 0.25) is 17.7 Å². The van der Waals surface area contributed by atoms with E-state index in [-0.39, 0.29) is 18.3 Å². The van der Waals surface area contributed by atoms with Crippen molar-refractivity contribution in [3.05, 3.63) is 35.9 Å². The molecule has 1 aromatic carbocycles. The van der Waals surface area contributed by atoms with Gasteiger partial charge in [-0.3, -0.25) is 14.4 Å². The number of benzene rings is 1. The number of nitrogens with one attached hydrogen (secondary N) is 2. The number of nitrogens with zero attached hydrogens (tertiary/aromatic N) is 1. The second-order valence-electron chi connectivity index (χ2n) is 9.28. The Bertz CT molecular complexity index is 843. The lowest BCUT2D eigenvalue weighted by molar-refractivity contribution is -0.149. The van der Waals surface area contributed by atoms with Gasteiger partial charge in [0, 0.05) is 13.0 Å². The van der Waals surface area contributed by atoms with Crippen LogP contribution in [0.5, 0.6) is 0 Å². The third kappa shape index (κ3) is 7.02. The first-order valence-corrected chi connectivity index (χ1v) is 11.5. The van der Waals surface area contributed by atoms with E-state index in [1.165, 1.54) is 4.90 Å². The molecule has 1 saturated heterocycles. The van der Waals surface area contributed by atoms with Crippen molar-refractivity contribution in [2.75, 3.05) is 6.54 Å². The highest BCUT2D eigenvalue weighted by atomic mass is 16.4. The van der Waals surface area contributed by atoms with Gasteiger partial charge in [-0.1, -0.05) is 58.0 Å². The summed E-state index contributed by atoms with van der Waals surface area (Å²) in [7, 11) is 0. The lowest BCUT2D eigenvalue weighted by Crippen LogP contribution is -2.59. The number of carboxylic acid groups (broad SMARTS) is 1. The topological polar surface area (TPSA) is 142 Å². The smallest absolute Gasteiger partial charge is 0.326 e. The number of carboxylic acids is 1. The van der Waals surface area contributed by atoms with Crippen LogP contribution in [0.1, 0.15) is 46.1 Å². The Morgan fingerprint density at radius 1 is 1.03 bits per heavy atom. The van der Waals surface area contributed by atoms with Crippen LogP contribution >= 0.6 is 0 Å². The highest BCUT2D eigenvalue weighted by molar-refractivity contribution is 5.94. The van der Waals surface area contributed by atoms with E-state index in [4.69, 9.17) is 5.73 Å². The Balaban J connectivity index is 2.24. The van der Waals surface area contributed by atoms with Crippen LogP contribution in [0.15, 0.2) is 30.3 Å². The van der Waals surface area contributed by atoms with Crippen molar-refractivity contribution in [1.82, 2.24) is 15.5 Å². The number of likely N-dealkylation sites (tertiary alicyclic amines) is 1. The molecule has 4 unspecified atom stereocenters. The van der Waals surface area contributed by atoms with Gasteiger partial charge < -0.3 is 26.4 Å². The van der Waals surface area contributed by atoms with Gasteiger partial charge in [-0.25, -0.2) is 4.79 Å². The molecule has 1 aromatic rings. The summed E-state index contributed by atoms with van der Waals surface area (Å²) < 4.78 is 0. The van der Waals surface area contributed by atoms with Crippen molar-refractivity contribution in [1.29, 1.82) is 0 Å². The van der Waals surface area contributed by atoms with Gasteiger partial charge in [-0.05, 0) is 30.2 Å². The fourth-order valence-electron chi connectivity index (χ4n) is 3.89. The number of hydrogen-bond acceptors (Lipinski definition) is 5. The first-order chi connectivity index (χ1) is 15.5. The summed E-state index contributed by atoms with van der Waals surface area (Å²) in [5.41, 5.74) is 6.75. The molecule has 0 aromatic heterocycles. The third-order valence-corrected chi connectivity index (χ3v) is 5.99. The summed E-state index contributed by atoms with van der Waals surface area (Å²) in [5, 5.41) is 15.0. The molecule has 3 amide bonds. The van der Waals surface area contributed by atoms with Crippen LogP contribution in [0.2, 0.25) is 0 Å². The SMILES string of the molecule is CC(C)C(N)C(=O)NC(C(=O)NC(Cc1ccccc1)C(=O)N1CCCC1C(=O)O)C(C)C. The minimum absolute atomic E-state index is 0.101. The van der Waals surface area contributed by atoms with E-state index in [1.807, 2.05) is 44.2 Å². The molecule has 33 heavy (non-hydrogen) atoms. The van der Waals surface area contributed by atoms with Gasteiger partial charge in [0.25, 0.3) is 0 Å². The second-order valence-corrected chi connectivity index (χ2v) is 9.28. The van der Waals surface area contributed by atoms with Crippen LogP contribution in [0.4, 0.5) is 0 Å². The number of aliphatic carboxylic acids is 1. The number of rotatable bonds is 10.